The van der Waals surface area contributed by atoms with Crippen LogP contribution in [0.5, 0.6) is 17.2 Å². The number of anilines is 1. The van der Waals surface area contributed by atoms with Crippen LogP contribution in [0.25, 0.3) is 11.4 Å². The first-order valence-electron chi connectivity index (χ1n) is 8.17. The minimum atomic E-state index is 0.569. The lowest BCUT2D eigenvalue weighted by Crippen LogP contribution is -2.04. The van der Waals surface area contributed by atoms with Crippen molar-refractivity contribution >= 4 is 5.69 Å². The summed E-state index contributed by atoms with van der Waals surface area (Å²) in [4.78, 5) is 4.36. The normalized spacial score (nSPS) is 10.5. The molecule has 0 aliphatic carbocycles. The summed E-state index contributed by atoms with van der Waals surface area (Å²) in [5, 5.41) is 10.5. The number of aromatic amines is 1. The van der Waals surface area contributed by atoms with E-state index in [1.54, 1.807) is 21.3 Å². The first kappa shape index (κ1) is 17.6. The van der Waals surface area contributed by atoms with E-state index in [1.807, 2.05) is 43.3 Å². The van der Waals surface area contributed by atoms with Gasteiger partial charge in [0, 0.05) is 23.4 Å². The Bertz CT molecular complexity index is 892. The maximum atomic E-state index is 5.52. The molecule has 0 saturated carbocycles. The number of nitrogens with one attached hydrogen (secondary N) is 2. The molecule has 1 heterocycles. The number of benzene rings is 2. The molecule has 2 N–H and O–H groups in total. The summed E-state index contributed by atoms with van der Waals surface area (Å²) >= 11 is 0. The fraction of sp³-hybridized carbons (Fsp3) is 0.263. The summed E-state index contributed by atoms with van der Waals surface area (Å²) in [6.45, 7) is 2.45. The fourth-order valence-corrected chi connectivity index (χ4v) is 2.74. The topological polar surface area (TPSA) is 81.3 Å². The molecule has 0 amide bonds. The Morgan fingerprint density at radius 1 is 1.00 bits per heavy atom. The van der Waals surface area contributed by atoms with E-state index in [1.165, 1.54) is 0 Å². The number of aryl methyl sites for hydroxylation is 1. The minimum absolute atomic E-state index is 0.569. The quantitative estimate of drug-likeness (QED) is 0.677. The second-order valence-electron chi connectivity index (χ2n) is 5.67. The Kier molecular flexibility index (Phi) is 5.26. The zero-order valence-corrected chi connectivity index (χ0v) is 15.3. The molecule has 0 radical (unpaired) electrons. The standard InChI is InChI=1S/C19H22N4O3/c1-12-21-19(23-22-12)13-6-5-7-15(10-13)20-11-14-8-9-16(24-2)18(26-4)17(14)25-3/h5-10,20H,11H2,1-4H3,(H,21,22,23). The van der Waals surface area contributed by atoms with Crippen LogP contribution in [0.1, 0.15) is 11.4 Å². The number of rotatable bonds is 7. The van der Waals surface area contributed by atoms with Crippen molar-refractivity contribution in [1.82, 2.24) is 15.2 Å². The van der Waals surface area contributed by atoms with Gasteiger partial charge in [-0.05, 0) is 31.2 Å². The molecule has 0 atom stereocenters. The Hall–Kier alpha value is -3.22. The SMILES string of the molecule is COc1ccc(CNc2cccc(-c3n[nH]c(C)n3)c2)c(OC)c1OC. The van der Waals surface area contributed by atoms with Crippen LogP contribution in [0, 0.1) is 6.92 Å². The molecule has 0 unspecified atom stereocenters. The summed E-state index contributed by atoms with van der Waals surface area (Å²) in [6.07, 6.45) is 0. The summed E-state index contributed by atoms with van der Waals surface area (Å²) < 4.78 is 16.3. The Morgan fingerprint density at radius 2 is 1.81 bits per heavy atom. The molecule has 26 heavy (non-hydrogen) atoms. The lowest BCUT2D eigenvalue weighted by molar-refractivity contribution is 0.322. The van der Waals surface area contributed by atoms with Crippen molar-refractivity contribution in [1.29, 1.82) is 0 Å². The highest BCUT2D eigenvalue weighted by Gasteiger charge is 2.15. The van der Waals surface area contributed by atoms with Gasteiger partial charge in [-0.25, -0.2) is 4.98 Å². The van der Waals surface area contributed by atoms with E-state index in [4.69, 9.17) is 14.2 Å². The molecule has 1 aromatic heterocycles. The molecule has 0 saturated heterocycles. The first-order chi connectivity index (χ1) is 12.7. The average Bonchev–Trinajstić information content (AvgIpc) is 3.12. The molecule has 3 aromatic rings. The van der Waals surface area contributed by atoms with Crippen LogP contribution in [0.15, 0.2) is 36.4 Å². The summed E-state index contributed by atoms with van der Waals surface area (Å²) in [6, 6.07) is 11.8. The highest BCUT2D eigenvalue weighted by atomic mass is 16.5. The number of aromatic nitrogens is 3. The third kappa shape index (κ3) is 3.56. The molecule has 136 valence electrons. The Morgan fingerprint density at radius 3 is 2.46 bits per heavy atom. The van der Waals surface area contributed by atoms with E-state index >= 15 is 0 Å². The van der Waals surface area contributed by atoms with Crippen LogP contribution in [-0.4, -0.2) is 36.5 Å². The van der Waals surface area contributed by atoms with Crippen LogP contribution in [0.4, 0.5) is 5.69 Å². The number of hydrogen-bond donors (Lipinski definition) is 2. The maximum Gasteiger partial charge on any atom is 0.203 e. The first-order valence-corrected chi connectivity index (χ1v) is 8.17. The van der Waals surface area contributed by atoms with Crippen molar-refractivity contribution in [2.45, 2.75) is 13.5 Å². The third-order valence-corrected chi connectivity index (χ3v) is 3.99. The van der Waals surface area contributed by atoms with Gasteiger partial charge in [-0.1, -0.05) is 12.1 Å². The molecule has 3 rings (SSSR count). The minimum Gasteiger partial charge on any atom is -0.493 e. The van der Waals surface area contributed by atoms with Crippen molar-refractivity contribution in [3.63, 3.8) is 0 Å². The molecular formula is C19H22N4O3. The van der Waals surface area contributed by atoms with Crippen LogP contribution >= 0.6 is 0 Å². The lowest BCUT2D eigenvalue weighted by Gasteiger charge is -2.16. The van der Waals surface area contributed by atoms with Crippen molar-refractivity contribution < 1.29 is 14.2 Å². The van der Waals surface area contributed by atoms with Gasteiger partial charge in [-0.3, -0.25) is 5.10 Å². The van der Waals surface area contributed by atoms with Gasteiger partial charge in [0.2, 0.25) is 5.75 Å². The molecule has 0 aliphatic rings. The van der Waals surface area contributed by atoms with E-state index in [2.05, 4.69) is 20.5 Å². The monoisotopic (exact) mass is 354 g/mol. The van der Waals surface area contributed by atoms with Crippen molar-refractivity contribution in [3.8, 4) is 28.6 Å². The molecule has 0 aliphatic heterocycles. The van der Waals surface area contributed by atoms with Gasteiger partial charge >= 0.3 is 0 Å². The highest BCUT2D eigenvalue weighted by molar-refractivity contribution is 5.63. The molecule has 7 heteroatoms. The second-order valence-corrected chi connectivity index (χ2v) is 5.67. The summed E-state index contributed by atoms with van der Waals surface area (Å²) in [5.74, 6) is 3.33. The van der Waals surface area contributed by atoms with Crippen molar-refractivity contribution in [2.75, 3.05) is 26.6 Å². The predicted molar refractivity (Wildman–Crippen MR) is 100.0 cm³/mol. The van der Waals surface area contributed by atoms with E-state index in [-0.39, 0.29) is 0 Å². The zero-order chi connectivity index (χ0) is 18.5. The molecule has 0 spiro atoms. The molecule has 0 bridgehead atoms. The van der Waals surface area contributed by atoms with Crippen molar-refractivity contribution in [3.05, 3.63) is 47.8 Å². The van der Waals surface area contributed by atoms with Crippen LogP contribution < -0.4 is 19.5 Å². The van der Waals surface area contributed by atoms with Crippen LogP contribution in [0.2, 0.25) is 0 Å². The van der Waals surface area contributed by atoms with E-state index in [0.717, 1.165) is 22.6 Å². The van der Waals surface area contributed by atoms with Gasteiger partial charge in [0.25, 0.3) is 0 Å². The van der Waals surface area contributed by atoms with Gasteiger partial charge in [0.05, 0.1) is 21.3 Å². The molecular weight excluding hydrogens is 332 g/mol. The fourth-order valence-electron chi connectivity index (χ4n) is 2.74. The Balaban J connectivity index is 1.81. The van der Waals surface area contributed by atoms with Crippen molar-refractivity contribution in [2.24, 2.45) is 0 Å². The van der Waals surface area contributed by atoms with Crippen LogP contribution in [-0.2, 0) is 6.54 Å². The number of H-pyrrole nitrogens is 1. The highest BCUT2D eigenvalue weighted by Crippen LogP contribution is 2.40. The number of ether oxygens (including phenoxy) is 3. The zero-order valence-electron chi connectivity index (χ0n) is 15.3. The van der Waals surface area contributed by atoms with Gasteiger partial charge in [-0.15, -0.1) is 0 Å². The predicted octanol–water partition coefficient (Wildman–Crippen LogP) is 3.42. The average molecular weight is 354 g/mol. The number of nitrogens with zero attached hydrogens (tertiary/aromatic N) is 2. The Labute approximate surface area is 152 Å². The van der Waals surface area contributed by atoms with Crippen LogP contribution in [0.3, 0.4) is 0 Å². The smallest absolute Gasteiger partial charge is 0.203 e. The molecule has 2 aromatic carbocycles. The van der Waals surface area contributed by atoms with Gasteiger partial charge in [0.1, 0.15) is 5.82 Å². The molecule has 7 nitrogen and oxygen atoms in total. The van der Waals surface area contributed by atoms with Gasteiger partial charge in [0.15, 0.2) is 17.3 Å². The maximum absolute atomic E-state index is 5.52. The van der Waals surface area contributed by atoms with Gasteiger partial charge < -0.3 is 19.5 Å². The second kappa shape index (κ2) is 7.77. The van der Waals surface area contributed by atoms with E-state index in [0.29, 0.717) is 29.6 Å². The summed E-state index contributed by atoms with van der Waals surface area (Å²) in [7, 11) is 4.82. The molecule has 0 fully saturated rings. The largest absolute Gasteiger partial charge is 0.493 e. The van der Waals surface area contributed by atoms with Gasteiger partial charge in [-0.2, -0.15) is 5.10 Å². The number of methoxy groups -OCH3 is 3. The number of hydrogen-bond acceptors (Lipinski definition) is 6. The summed E-state index contributed by atoms with van der Waals surface area (Å²) in [5.41, 5.74) is 2.87. The third-order valence-electron chi connectivity index (χ3n) is 3.99. The van der Waals surface area contributed by atoms with E-state index in [9.17, 15) is 0 Å². The lowest BCUT2D eigenvalue weighted by atomic mass is 10.1. The van der Waals surface area contributed by atoms with E-state index < -0.39 is 0 Å².